The smallest absolute Gasteiger partial charge is 0.148 e. The molecule has 1 nitrogen and oxygen atoms in total. The van der Waals surface area contributed by atoms with Gasteiger partial charge in [0.15, 0.2) is 0 Å². The van der Waals surface area contributed by atoms with Gasteiger partial charge in [0.1, 0.15) is 15.5 Å². The van der Waals surface area contributed by atoms with E-state index in [0.717, 1.165) is 12.8 Å². The van der Waals surface area contributed by atoms with Crippen LogP contribution in [0, 0.1) is 0 Å². The Morgan fingerprint density at radius 2 is 2.22 bits per heavy atom. The van der Waals surface area contributed by atoms with E-state index in [-0.39, 0.29) is 0 Å². The average molecular weight is 187 g/mol. The highest BCUT2D eigenvalue weighted by Crippen LogP contribution is 2.20. The minimum atomic E-state index is -0.457. The summed E-state index contributed by atoms with van der Waals surface area (Å²) in [5.74, 6) is 0.660. The van der Waals surface area contributed by atoms with Crippen molar-refractivity contribution in [1.29, 1.82) is 0 Å². The summed E-state index contributed by atoms with van der Waals surface area (Å²) in [4.78, 5) is 0. The molecule has 0 aromatic heterocycles. The van der Waals surface area contributed by atoms with Crippen molar-refractivity contribution >= 4 is 33.7 Å². The minimum absolute atomic E-state index is 0.457. The third-order valence-corrected chi connectivity index (χ3v) is 2.95. The molecule has 0 aromatic rings. The van der Waals surface area contributed by atoms with Gasteiger partial charge in [0.05, 0.1) is 0 Å². The lowest BCUT2D eigenvalue weighted by Gasteiger charge is -2.19. The van der Waals surface area contributed by atoms with Crippen molar-refractivity contribution in [1.82, 2.24) is 0 Å². The zero-order chi connectivity index (χ0) is 7.33. The molecular formula is C5H12Cl2OSi. The summed E-state index contributed by atoms with van der Waals surface area (Å²) in [7, 11) is 0.689. The van der Waals surface area contributed by atoms with E-state index in [1.54, 1.807) is 0 Å². The van der Waals surface area contributed by atoms with Gasteiger partial charge in [0.2, 0.25) is 0 Å². The molecule has 0 aliphatic rings. The molecule has 0 fully saturated rings. The van der Waals surface area contributed by atoms with Gasteiger partial charge in [0, 0.05) is 5.88 Å². The molecule has 9 heavy (non-hydrogen) atoms. The molecule has 0 spiro atoms. The van der Waals surface area contributed by atoms with Crippen molar-refractivity contribution in [3.63, 3.8) is 0 Å². The summed E-state index contributed by atoms with van der Waals surface area (Å²) in [6.45, 7) is 1.87. The summed E-state index contributed by atoms with van der Waals surface area (Å²) in [5.41, 5.74) is 0. The van der Waals surface area contributed by atoms with Crippen LogP contribution in [0.4, 0.5) is 0 Å². The van der Waals surface area contributed by atoms with Gasteiger partial charge in [-0.05, 0) is 19.8 Å². The van der Waals surface area contributed by atoms with Crippen molar-refractivity contribution < 1.29 is 4.43 Å². The van der Waals surface area contributed by atoms with Gasteiger partial charge < -0.3 is 4.43 Å². The number of halogens is 2. The Morgan fingerprint density at radius 3 is 2.56 bits per heavy atom. The predicted octanol–water partition coefficient (Wildman–Crippen LogP) is 1.26. The van der Waals surface area contributed by atoms with E-state index in [2.05, 4.69) is 0 Å². The number of hydrogen-bond acceptors (Lipinski definition) is 1. The molecule has 0 aromatic carbocycles. The Balaban J connectivity index is 3.33. The van der Waals surface area contributed by atoms with Gasteiger partial charge in [-0.2, -0.15) is 0 Å². The van der Waals surface area contributed by atoms with E-state index in [0.29, 0.717) is 16.4 Å². The summed E-state index contributed by atoms with van der Waals surface area (Å²) >= 11 is 11.3. The zero-order valence-corrected chi connectivity index (χ0v) is 9.30. The van der Waals surface area contributed by atoms with Crippen LogP contribution in [-0.4, -0.2) is 21.4 Å². The lowest BCUT2D eigenvalue weighted by atomic mass is 10.2. The molecule has 0 heterocycles. The fraction of sp³-hybridized carbons (Fsp3) is 1.00. The van der Waals surface area contributed by atoms with Gasteiger partial charge in [-0.3, -0.25) is 0 Å². The van der Waals surface area contributed by atoms with Gasteiger partial charge >= 0.3 is 0 Å². The molecule has 4 heteroatoms. The monoisotopic (exact) mass is 186 g/mol. The fourth-order valence-corrected chi connectivity index (χ4v) is 0.956. The first kappa shape index (κ1) is 9.76. The summed E-state index contributed by atoms with van der Waals surface area (Å²) < 4.78 is 5.09. The highest BCUT2D eigenvalue weighted by molar-refractivity contribution is 6.24. The van der Waals surface area contributed by atoms with Crippen LogP contribution >= 0.6 is 23.2 Å². The van der Waals surface area contributed by atoms with Crippen LogP contribution in [0.2, 0.25) is 0 Å². The SMILES string of the molecule is CC(Cl)(CCCCl)O[SiH3]. The molecule has 0 saturated heterocycles. The normalized spacial score (nSPS) is 17.7. The van der Waals surface area contributed by atoms with Crippen LogP contribution in [-0.2, 0) is 4.43 Å². The Kier molecular flexibility index (Phi) is 4.94. The molecule has 1 atom stereocenters. The van der Waals surface area contributed by atoms with Gasteiger partial charge in [-0.25, -0.2) is 0 Å². The fourth-order valence-electron chi connectivity index (χ4n) is 0.485. The zero-order valence-electron chi connectivity index (χ0n) is 5.79. The quantitative estimate of drug-likeness (QED) is 0.475. The summed E-state index contributed by atoms with van der Waals surface area (Å²) in [5, 5.41) is -0.457. The lowest BCUT2D eigenvalue weighted by Crippen LogP contribution is -2.19. The van der Waals surface area contributed by atoms with Gasteiger partial charge in [-0.1, -0.05) is 11.6 Å². The Bertz CT molecular complexity index is 77.4. The van der Waals surface area contributed by atoms with Crippen LogP contribution in [0.3, 0.4) is 0 Å². The van der Waals surface area contributed by atoms with Crippen LogP contribution < -0.4 is 0 Å². The first-order valence-corrected chi connectivity index (χ1v) is 4.65. The highest BCUT2D eigenvalue weighted by atomic mass is 35.5. The molecule has 0 amide bonds. The van der Waals surface area contributed by atoms with Crippen LogP contribution in [0.25, 0.3) is 0 Å². The second-order valence-corrected chi connectivity index (χ2v) is 3.68. The van der Waals surface area contributed by atoms with E-state index in [1.165, 1.54) is 0 Å². The van der Waals surface area contributed by atoms with E-state index in [1.807, 2.05) is 6.92 Å². The van der Waals surface area contributed by atoms with E-state index < -0.39 is 5.06 Å². The molecule has 56 valence electrons. The second-order valence-electron chi connectivity index (χ2n) is 2.10. The van der Waals surface area contributed by atoms with Gasteiger partial charge in [-0.15, -0.1) is 11.6 Å². The lowest BCUT2D eigenvalue weighted by molar-refractivity contribution is 0.184. The van der Waals surface area contributed by atoms with Crippen molar-refractivity contribution in [2.24, 2.45) is 0 Å². The van der Waals surface area contributed by atoms with Crippen LogP contribution in [0.15, 0.2) is 0 Å². The van der Waals surface area contributed by atoms with Crippen molar-refractivity contribution in [3.8, 4) is 0 Å². The number of hydrogen-bond donors (Lipinski definition) is 0. The maximum absolute atomic E-state index is 5.85. The Morgan fingerprint density at radius 1 is 1.67 bits per heavy atom. The largest absolute Gasteiger partial charge is 0.410 e. The summed E-state index contributed by atoms with van der Waals surface area (Å²) in [6.07, 6.45) is 1.76. The second kappa shape index (κ2) is 4.55. The Labute approximate surface area is 69.2 Å². The minimum Gasteiger partial charge on any atom is -0.410 e. The summed E-state index contributed by atoms with van der Waals surface area (Å²) in [6, 6.07) is 0. The van der Waals surface area contributed by atoms with Crippen molar-refractivity contribution in [2.75, 3.05) is 5.88 Å². The molecule has 0 aliphatic carbocycles. The number of alkyl halides is 2. The van der Waals surface area contributed by atoms with Crippen LogP contribution in [0.5, 0.6) is 0 Å². The molecule has 0 radical (unpaired) electrons. The molecule has 0 aliphatic heterocycles. The van der Waals surface area contributed by atoms with Crippen molar-refractivity contribution in [2.45, 2.75) is 24.8 Å². The highest BCUT2D eigenvalue weighted by Gasteiger charge is 2.16. The Hall–Kier alpha value is 0.757. The van der Waals surface area contributed by atoms with E-state index in [4.69, 9.17) is 27.6 Å². The van der Waals surface area contributed by atoms with E-state index >= 15 is 0 Å². The standard InChI is InChI=1S/C5H12Cl2OSi/c1-5(7,8-9)3-2-4-6/h2-4H2,1,9H3. The third kappa shape index (κ3) is 5.21. The third-order valence-electron chi connectivity index (χ3n) is 1.18. The topological polar surface area (TPSA) is 9.23 Å². The molecule has 0 saturated carbocycles. The maximum Gasteiger partial charge on any atom is 0.148 e. The van der Waals surface area contributed by atoms with Crippen LogP contribution in [0.1, 0.15) is 19.8 Å². The average Bonchev–Trinajstić information content (AvgIpc) is 1.84. The molecule has 0 bridgehead atoms. The first-order valence-electron chi connectivity index (χ1n) is 2.92. The van der Waals surface area contributed by atoms with Gasteiger partial charge in [0.25, 0.3) is 0 Å². The predicted molar refractivity (Wildman–Crippen MR) is 45.2 cm³/mol. The first-order chi connectivity index (χ1) is 4.12. The maximum atomic E-state index is 5.85. The van der Waals surface area contributed by atoms with Crippen molar-refractivity contribution in [3.05, 3.63) is 0 Å². The molecular weight excluding hydrogens is 175 g/mol. The molecule has 0 N–H and O–H groups in total. The molecule has 1 unspecified atom stereocenters. The van der Waals surface area contributed by atoms with E-state index in [9.17, 15) is 0 Å². The molecule has 0 rings (SSSR count). The number of rotatable bonds is 4.